The van der Waals surface area contributed by atoms with Crippen LogP contribution in [0.5, 0.6) is 0 Å². The van der Waals surface area contributed by atoms with Gasteiger partial charge in [0, 0.05) is 6.07 Å². The van der Waals surface area contributed by atoms with Crippen LogP contribution in [0, 0.1) is 10.1 Å². The number of carboxylic acid groups (broad SMARTS) is 1. The van der Waals surface area contributed by atoms with Crippen LogP contribution >= 0.6 is 0 Å². The Morgan fingerprint density at radius 3 is 2.23 bits per heavy atom. The molecule has 0 saturated heterocycles. The van der Waals surface area contributed by atoms with Crippen LogP contribution in [-0.2, 0) is 4.79 Å². The quantitative estimate of drug-likeness (QED) is 0.644. The van der Waals surface area contributed by atoms with Crippen LogP contribution < -0.4 is 5.73 Å². The molecule has 0 aliphatic rings. The third-order valence-corrected chi connectivity index (χ3v) is 3.20. The summed E-state index contributed by atoms with van der Waals surface area (Å²) in [5.41, 5.74) is 5.26. The zero-order valence-electron chi connectivity index (χ0n) is 11.3. The Hall–Kier alpha value is -3.22. The van der Waals surface area contributed by atoms with Gasteiger partial charge in [-0.2, -0.15) is 0 Å². The number of rotatable bonds is 5. The number of carbonyl (C=O) groups is 2. The van der Waals surface area contributed by atoms with Crippen molar-refractivity contribution in [2.45, 2.75) is 5.92 Å². The van der Waals surface area contributed by atoms with Gasteiger partial charge in [0.25, 0.3) is 5.69 Å². The number of nitrogens with zero attached hydrogens (tertiary/aromatic N) is 1. The number of nitrogens with two attached hydrogens (primary N) is 1. The van der Waals surface area contributed by atoms with E-state index in [1.807, 2.05) is 0 Å². The predicted octanol–water partition coefficient (Wildman–Crippen LogP) is 1.91. The van der Waals surface area contributed by atoms with E-state index in [4.69, 9.17) is 10.8 Å². The molecule has 1 atom stereocenters. The van der Waals surface area contributed by atoms with Crippen LogP contribution in [0.1, 0.15) is 27.4 Å². The maximum atomic E-state index is 11.7. The fraction of sp³-hybridized carbons (Fsp3) is 0.0667. The minimum atomic E-state index is -1.44. The van der Waals surface area contributed by atoms with Gasteiger partial charge in [0.15, 0.2) is 0 Å². The molecule has 7 heteroatoms. The number of carboxylic acids is 1. The summed E-state index contributed by atoms with van der Waals surface area (Å²) in [5, 5.41) is 20.0. The fourth-order valence-corrected chi connectivity index (χ4v) is 2.23. The van der Waals surface area contributed by atoms with Gasteiger partial charge < -0.3 is 10.8 Å². The molecule has 0 radical (unpaired) electrons. The molecule has 7 nitrogen and oxygen atoms in total. The number of aromatic carboxylic acids is 1. The van der Waals surface area contributed by atoms with Gasteiger partial charge in [0.2, 0.25) is 5.91 Å². The van der Waals surface area contributed by atoms with E-state index in [1.165, 1.54) is 6.07 Å². The second-order valence-corrected chi connectivity index (χ2v) is 4.58. The van der Waals surface area contributed by atoms with Crippen LogP contribution in [0.15, 0.2) is 48.5 Å². The highest BCUT2D eigenvalue weighted by Crippen LogP contribution is 2.28. The molecule has 0 aliphatic carbocycles. The monoisotopic (exact) mass is 300 g/mol. The zero-order chi connectivity index (χ0) is 16.3. The first-order chi connectivity index (χ1) is 10.4. The number of hydrogen-bond donors (Lipinski definition) is 2. The molecule has 0 bridgehead atoms. The van der Waals surface area contributed by atoms with Gasteiger partial charge in [-0.1, -0.05) is 36.4 Å². The Morgan fingerprint density at radius 2 is 1.73 bits per heavy atom. The molecule has 2 aromatic carbocycles. The molecule has 3 N–H and O–H groups in total. The largest absolute Gasteiger partial charge is 0.477 e. The van der Waals surface area contributed by atoms with Gasteiger partial charge in [0.05, 0.1) is 10.8 Å². The van der Waals surface area contributed by atoms with E-state index in [0.29, 0.717) is 11.1 Å². The molecule has 2 rings (SSSR count). The van der Waals surface area contributed by atoms with Crippen LogP contribution in [0.2, 0.25) is 0 Å². The Labute approximate surface area is 125 Å². The lowest BCUT2D eigenvalue weighted by atomic mass is 9.89. The van der Waals surface area contributed by atoms with E-state index in [-0.39, 0.29) is 0 Å². The maximum absolute atomic E-state index is 11.7. The first kappa shape index (κ1) is 15.2. The number of hydrogen-bond acceptors (Lipinski definition) is 4. The average molecular weight is 300 g/mol. The van der Waals surface area contributed by atoms with E-state index < -0.39 is 34.0 Å². The topological polar surface area (TPSA) is 124 Å². The molecule has 0 fully saturated rings. The molecule has 112 valence electrons. The van der Waals surface area contributed by atoms with Crippen molar-refractivity contribution in [2.24, 2.45) is 5.73 Å². The van der Waals surface area contributed by atoms with Gasteiger partial charge >= 0.3 is 5.97 Å². The predicted molar refractivity (Wildman–Crippen MR) is 77.5 cm³/mol. The number of carbonyl (C=O) groups excluding carboxylic acids is 1. The van der Waals surface area contributed by atoms with E-state index >= 15 is 0 Å². The van der Waals surface area contributed by atoms with E-state index in [2.05, 4.69) is 0 Å². The van der Waals surface area contributed by atoms with Gasteiger partial charge in [-0.25, -0.2) is 4.79 Å². The Morgan fingerprint density at radius 1 is 1.09 bits per heavy atom. The third-order valence-electron chi connectivity index (χ3n) is 3.20. The van der Waals surface area contributed by atoms with Crippen molar-refractivity contribution in [1.82, 2.24) is 0 Å². The normalized spacial score (nSPS) is 11.6. The second kappa shape index (κ2) is 6.04. The minimum absolute atomic E-state index is 0.293. The molecule has 1 amide bonds. The van der Waals surface area contributed by atoms with Crippen LogP contribution in [0.25, 0.3) is 0 Å². The smallest absolute Gasteiger partial charge is 0.342 e. The summed E-state index contributed by atoms with van der Waals surface area (Å²) in [4.78, 5) is 33.0. The maximum Gasteiger partial charge on any atom is 0.342 e. The van der Waals surface area contributed by atoms with Gasteiger partial charge in [0.1, 0.15) is 5.56 Å². The molecule has 0 saturated carbocycles. The first-order valence-corrected chi connectivity index (χ1v) is 6.27. The fourth-order valence-electron chi connectivity index (χ4n) is 2.23. The highest BCUT2D eigenvalue weighted by atomic mass is 16.6. The summed E-state index contributed by atoms with van der Waals surface area (Å²) in [6, 6.07) is 12.1. The summed E-state index contributed by atoms with van der Waals surface area (Å²) in [5.74, 6) is -2.98. The van der Waals surface area contributed by atoms with Gasteiger partial charge in [-0.15, -0.1) is 0 Å². The van der Waals surface area contributed by atoms with E-state index in [9.17, 15) is 19.7 Å². The second-order valence-electron chi connectivity index (χ2n) is 4.58. The standard InChI is InChI=1S/C15H12N2O5/c16-14(18)13(9-4-2-1-3-5-9)10-6-7-12(17(21)22)11(8-10)15(19)20/h1-8,13H,(H2,16,18)(H,19,20). The van der Waals surface area contributed by atoms with Gasteiger partial charge in [-0.05, 0) is 17.2 Å². The van der Waals surface area contributed by atoms with Gasteiger partial charge in [-0.3, -0.25) is 14.9 Å². The Bertz CT molecular complexity index is 743. The summed E-state index contributed by atoms with van der Waals surface area (Å²) >= 11 is 0. The molecule has 2 aromatic rings. The van der Waals surface area contributed by atoms with Crippen LogP contribution in [0.4, 0.5) is 5.69 Å². The Balaban J connectivity index is 2.59. The lowest BCUT2D eigenvalue weighted by Crippen LogP contribution is -2.22. The van der Waals surface area contributed by atoms with E-state index in [1.54, 1.807) is 30.3 Å². The summed E-state index contributed by atoms with van der Waals surface area (Å²) in [6.07, 6.45) is 0. The van der Waals surface area contributed by atoms with Crippen molar-refractivity contribution < 1.29 is 19.6 Å². The molecule has 0 spiro atoms. The molecular weight excluding hydrogens is 288 g/mol. The third kappa shape index (κ3) is 2.93. The molecule has 0 heterocycles. The van der Waals surface area contributed by atoms with Crippen molar-refractivity contribution in [2.75, 3.05) is 0 Å². The van der Waals surface area contributed by atoms with Crippen molar-refractivity contribution in [1.29, 1.82) is 0 Å². The number of benzene rings is 2. The Kier molecular flexibility index (Phi) is 4.17. The highest BCUT2D eigenvalue weighted by Gasteiger charge is 2.25. The average Bonchev–Trinajstić information content (AvgIpc) is 2.47. The molecular formula is C15H12N2O5. The lowest BCUT2D eigenvalue weighted by molar-refractivity contribution is -0.385. The van der Waals surface area contributed by atoms with E-state index in [0.717, 1.165) is 12.1 Å². The van der Waals surface area contributed by atoms with Crippen molar-refractivity contribution in [3.05, 3.63) is 75.3 Å². The number of nitro benzene ring substituents is 1. The van der Waals surface area contributed by atoms with Crippen LogP contribution in [-0.4, -0.2) is 21.9 Å². The molecule has 22 heavy (non-hydrogen) atoms. The lowest BCUT2D eigenvalue weighted by Gasteiger charge is -2.14. The first-order valence-electron chi connectivity index (χ1n) is 6.27. The number of amides is 1. The van der Waals surface area contributed by atoms with Crippen molar-refractivity contribution in [3.63, 3.8) is 0 Å². The molecule has 0 aliphatic heterocycles. The van der Waals surface area contributed by atoms with Crippen molar-refractivity contribution in [3.8, 4) is 0 Å². The summed E-state index contributed by atoms with van der Waals surface area (Å²) < 4.78 is 0. The SMILES string of the molecule is NC(=O)C(c1ccccc1)c1ccc([N+](=O)[O-])c(C(=O)O)c1. The summed E-state index contributed by atoms with van der Waals surface area (Å²) in [6.45, 7) is 0. The summed E-state index contributed by atoms with van der Waals surface area (Å²) in [7, 11) is 0. The molecule has 1 unspecified atom stereocenters. The number of primary amides is 1. The zero-order valence-corrected chi connectivity index (χ0v) is 11.3. The molecule has 0 aromatic heterocycles. The number of nitro groups is 1. The highest BCUT2D eigenvalue weighted by molar-refractivity contribution is 5.93. The minimum Gasteiger partial charge on any atom is -0.477 e. The van der Waals surface area contributed by atoms with Crippen LogP contribution in [0.3, 0.4) is 0 Å². The van der Waals surface area contributed by atoms with Crippen molar-refractivity contribution >= 4 is 17.6 Å².